The second-order valence-electron chi connectivity index (χ2n) is 4.56. The average Bonchev–Trinajstić information content (AvgIpc) is 2.89. The van der Waals surface area contributed by atoms with Crippen LogP contribution in [0.25, 0.3) is 10.6 Å². The Labute approximate surface area is 132 Å². The van der Waals surface area contributed by atoms with Crippen LogP contribution in [-0.2, 0) is 6.18 Å². The van der Waals surface area contributed by atoms with Gasteiger partial charge >= 0.3 is 6.18 Å². The van der Waals surface area contributed by atoms with E-state index in [9.17, 15) is 18.0 Å². The predicted molar refractivity (Wildman–Crippen MR) is 78.7 cm³/mol. The van der Waals surface area contributed by atoms with E-state index in [0.29, 0.717) is 5.56 Å². The number of carbonyl (C=O) groups is 1. The number of rotatable bonds is 3. The van der Waals surface area contributed by atoms with Gasteiger partial charge in [-0.05, 0) is 24.3 Å². The predicted octanol–water partition coefficient (Wildman–Crippen LogP) is 3.42. The number of carbonyl (C=O) groups excluding carboxylic acids is 1. The molecule has 4 nitrogen and oxygen atoms in total. The third-order valence-corrected chi connectivity index (χ3v) is 5.33. The molecule has 1 unspecified atom stereocenters. The van der Waals surface area contributed by atoms with Crippen LogP contribution >= 0.6 is 23.1 Å². The van der Waals surface area contributed by atoms with Gasteiger partial charge in [-0.25, -0.2) is 4.98 Å². The van der Waals surface area contributed by atoms with Gasteiger partial charge in [-0.2, -0.15) is 13.2 Å². The highest BCUT2D eigenvalue weighted by atomic mass is 32.2. The van der Waals surface area contributed by atoms with E-state index in [0.717, 1.165) is 23.5 Å². The maximum absolute atomic E-state index is 13.1. The van der Waals surface area contributed by atoms with Gasteiger partial charge in [-0.1, -0.05) is 0 Å². The molecule has 1 aliphatic rings. The van der Waals surface area contributed by atoms with Crippen LogP contribution in [-0.4, -0.2) is 27.0 Å². The molecule has 0 spiro atoms. The maximum atomic E-state index is 13.1. The second kappa shape index (κ2) is 5.88. The third kappa shape index (κ3) is 3.09. The van der Waals surface area contributed by atoms with E-state index in [1.165, 1.54) is 24.2 Å². The Morgan fingerprint density at radius 3 is 2.73 bits per heavy atom. The highest BCUT2D eigenvalue weighted by molar-refractivity contribution is 8.01. The van der Waals surface area contributed by atoms with Gasteiger partial charge in [0, 0.05) is 18.0 Å². The van der Waals surface area contributed by atoms with Crippen molar-refractivity contribution in [3.63, 3.8) is 0 Å². The number of pyridine rings is 1. The molecular formula is C13H10F3N3OS2. The monoisotopic (exact) mass is 345 g/mol. The second-order valence-corrected chi connectivity index (χ2v) is 6.87. The molecule has 0 aromatic carbocycles. The van der Waals surface area contributed by atoms with Gasteiger partial charge in [-0.3, -0.25) is 9.78 Å². The minimum Gasteiger partial charge on any atom is -0.339 e. The van der Waals surface area contributed by atoms with Gasteiger partial charge in [0.05, 0.1) is 5.37 Å². The number of nitrogens with one attached hydrogen (secondary N) is 1. The normalized spacial score (nSPS) is 17.9. The van der Waals surface area contributed by atoms with Crippen molar-refractivity contribution >= 4 is 29.0 Å². The number of hydrogen-bond acceptors (Lipinski definition) is 5. The van der Waals surface area contributed by atoms with Crippen LogP contribution in [0.1, 0.15) is 21.8 Å². The summed E-state index contributed by atoms with van der Waals surface area (Å²) in [6, 6.07) is 3.21. The number of thiazole rings is 1. The molecule has 116 valence electrons. The highest BCUT2D eigenvalue weighted by Gasteiger charge is 2.40. The first-order chi connectivity index (χ1) is 10.4. The Morgan fingerprint density at radius 2 is 2.18 bits per heavy atom. The number of halogens is 3. The van der Waals surface area contributed by atoms with E-state index in [1.807, 2.05) is 0 Å². The molecule has 1 atom stereocenters. The summed E-state index contributed by atoms with van der Waals surface area (Å²) in [6.45, 7) is 0. The van der Waals surface area contributed by atoms with Crippen LogP contribution in [0.3, 0.4) is 0 Å². The lowest BCUT2D eigenvalue weighted by atomic mass is 10.3. The molecule has 0 radical (unpaired) electrons. The Balaban J connectivity index is 1.96. The summed E-state index contributed by atoms with van der Waals surface area (Å²) in [4.78, 5) is 19.2. The molecule has 1 saturated heterocycles. The number of thioether (sulfide) groups is 1. The zero-order chi connectivity index (χ0) is 15.7. The zero-order valence-corrected chi connectivity index (χ0v) is 12.7. The van der Waals surface area contributed by atoms with Gasteiger partial charge in [0.2, 0.25) is 0 Å². The summed E-state index contributed by atoms with van der Waals surface area (Å²) < 4.78 is 39.3. The van der Waals surface area contributed by atoms with E-state index in [4.69, 9.17) is 0 Å². The fraction of sp³-hybridized carbons (Fsp3) is 0.308. The Hall–Kier alpha value is -1.61. The van der Waals surface area contributed by atoms with E-state index < -0.39 is 22.7 Å². The fourth-order valence-corrected chi connectivity index (χ4v) is 3.48. The molecular weight excluding hydrogens is 335 g/mol. The van der Waals surface area contributed by atoms with Crippen molar-refractivity contribution in [2.45, 2.75) is 18.0 Å². The molecule has 2 aromatic heterocycles. The lowest BCUT2D eigenvalue weighted by molar-refractivity contribution is -0.141. The highest BCUT2D eigenvalue weighted by Crippen LogP contribution is 2.38. The minimum atomic E-state index is -4.67. The molecule has 0 saturated carbocycles. The SMILES string of the molecule is O=C(NC1CCS1)c1sc(-c2cccnc2)nc1C(F)(F)F. The molecule has 2 aromatic rings. The average molecular weight is 345 g/mol. The van der Waals surface area contributed by atoms with Crippen molar-refractivity contribution < 1.29 is 18.0 Å². The van der Waals surface area contributed by atoms with Crippen LogP contribution < -0.4 is 5.32 Å². The molecule has 3 rings (SSSR count). The van der Waals surface area contributed by atoms with Crippen molar-refractivity contribution in [1.29, 1.82) is 0 Å². The standard InChI is InChI=1S/C13H10F3N3OS2/c14-13(15,16)10-9(11(20)18-8-3-5-21-8)22-12(19-10)7-2-1-4-17-6-7/h1-2,4,6,8H,3,5H2,(H,18,20). The van der Waals surface area contributed by atoms with Crippen LogP contribution in [0.4, 0.5) is 13.2 Å². The summed E-state index contributed by atoms with van der Waals surface area (Å²) in [5.74, 6) is 0.179. The lowest BCUT2D eigenvalue weighted by Crippen LogP contribution is -2.38. The minimum absolute atomic E-state index is 0.113. The van der Waals surface area contributed by atoms with Gasteiger partial charge in [0.25, 0.3) is 5.91 Å². The lowest BCUT2D eigenvalue weighted by Gasteiger charge is -2.25. The van der Waals surface area contributed by atoms with Crippen LogP contribution in [0.2, 0.25) is 0 Å². The first-order valence-corrected chi connectivity index (χ1v) is 8.22. The van der Waals surface area contributed by atoms with Crippen molar-refractivity contribution in [3.8, 4) is 10.6 Å². The van der Waals surface area contributed by atoms with E-state index in [1.54, 1.807) is 12.1 Å². The molecule has 0 bridgehead atoms. The molecule has 1 N–H and O–H groups in total. The van der Waals surface area contributed by atoms with E-state index in [-0.39, 0.29) is 10.4 Å². The molecule has 22 heavy (non-hydrogen) atoms. The topological polar surface area (TPSA) is 54.9 Å². The number of nitrogens with zero attached hydrogens (tertiary/aromatic N) is 2. The fourth-order valence-electron chi connectivity index (χ4n) is 1.84. The Bertz CT molecular complexity index is 684. The smallest absolute Gasteiger partial charge is 0.339 e. The Morgan fingerprint density at radius 1 is 1.41 bits per heavy atom. The van der Waals surface area contributed by atoms with Crippen LogP contribution in [0.5, 0.6) is 0 Å². The molecule has 1 amide bonds. The Kier molecular flexibility index (Phi) is 4.09. The maximum Gasteiger partial charge on any atom is 0.435 e. The summed E-state index contributed by atoms with van der Waals surface area (Å²) in [5, 5.41) is 2.61. The van der Waals surface area contributed by atoms with Crippen molar-refractivity contribution in [2.24, 2.45) is 0 Å². The quantitative estimate of drug-likeness (QED) is 0.926. The van der Waals surface area contributed by atoms with Crippen LogP contribution in [0.15, 0.2) is 24.5 Å². The zero-order valence-electron chi connectivity index (χ0n) is 11.1. The molecule has 1 fully saturated rings. The summed E-state index contributed by atoms with van der Waals surface area (Å²) in [5.41, 5.74) is -0.687. The van der Waals surface area contributed by atoms with Gasteiger partial charge in [0.1, 0.15) is 9.88 Å². The summed E-state index contributed by atoms with van der Waals surface area (Å²) in [6.07, 6.45) is -0.964. The number of amides is 1. The van der Waals surface area contributed by atoms with E-state index in [2.05, 4.69) is 15.3 Å². The number of aromatic nitrogens is 2. The summed E-state index contributed by atoms with van der Waals surface area (Å²) >= 11 is 2.24. The molecule has 1 aliphatic heterocycles. The van der Waals surface area contributed by atoms with Crippen molar-refractivity contribution in [1.82, 2.24) is 15.3 Å². The number of alkyl halides is 3. The van der Waals surface area contributed by atoms with Crippen molar-refractivity contribution in [3.05, 3.63) is 35.1 Å². The van der Waals surface area contributed by atoms with Gasteiger partial charge in [0.15, 0.2) is 5.69 Å². The summed E-state index contributed by atoms with van der Waals surface area (Å²) in [7, 11) is 0. The van der Waals surface area contributed by atoms with E-state index >= 15 is 0 Å². The largest absolute Gasteiger partial charge is 0.435 e. The van der Waals surface area contributed by atoms with Crippen molar-refractivity contribution in [2.75, 3.05) is 5.75 Å². The van der Waals surface area contributed by atoms with Gasteiger partial charge < -0.3 is 5.32 Å². The van der Waals surface area contributed by atoms with Crippen LogP contribution in [0, 0.1) is 0 Å². The molecule has 9 heteroatoms. The van der Waals surface area contributed by atoms with Gasteiger partial charge in [-0.15, -0.1) is 23.1 Å². The third-order valence-electron chi connectivity index (χ3n) is 3.00. The first kappa shape index (κ1) is 15.3. The molecule has 0 aliphatic carbocycles. The molecule has 3 heterocycles. The first-order valence-electron chi connectivity index (χ1n) is 6.36. The number of hydrogen-bond donors (Lipinski definition) is 1.